The van der Waals surface area contributed by atoms with Crippen LogP contribution in [0.1, 0.15) is 26.5 Å². The maximum Gasteiger partial charge on any atom is 0.266 e. The molecule has 32 heavy (non-hydrogen) atoms. The van der Waals surface area contributed by atoms with E-state index in [0.717, 1.165) is 28.8 Å². The number of aromatic nitrogens is 3. The van der Waals surface area contributed by atoms with Gasteiger partial charge in [0.25, 0.3) is 10.0 Å². The Bertz CT molecular complexity index is 1330. The Morgan fingerprint density at radius 3 is 2.44 bits per heavy atom. The number of hydrogen-bond donors (Lipinski definition) is 2. The second-order valence-electron chi connectivity index (χ2n) is 8.13. The van der Waals surface area contributed by atoms with Crippen molar-refractivity contribution in [3.8, 4) is 5.69 Å². The lowest BCUT2D eigenvalue weighted by Crippen LogP contribution is -2.14. The molecule has 0 aliphatic rings. The molecule has 0 spiro atoms. The Kier molecular flexibility index (Phi) is 5.74. The molecule has 0 aliphatic carbocycles. The molecular weight excluding hydrogens is 449 g/mol. The molecule has 0 unspecified atom stereocenters. The summed E-state index contributed by atoms with van der Waals surface area (Å²) in [5.41, 5.74) is 1.91. The second-order valence-corrected chi connectivity index (χ2v) is 10.7. The molecule has 0 radical (unpaired) electrons. The summed E-state index contributed by atoms with van der Waals surface area (Å²) in [5, 5.41) is 9.68. The molecule has 0 amide bonds. The van der Waals surface area contributed by atoms with Gasteiger partial charge in [0.2, 0.25) is 0 Å². The van der Waals surface area contributed by atoms with Gasteiger partial charge in [0.05, 0.1) is 11.4 Å². The maximum atomic E-state index is 14.8. The lowest BCUT2D eigenvalue weighted by atomic mass is 9.92. The number of rotatable bonds is 6. The molecule has 2 aromatic heterocycles. The van der Waals surface area contributed by atoms with Gasteiger partial charge in [-0.05, 0) is 30.3 Å². The summed E-state index contributed by atoms with van der Waals surface area (Å²) >= 11 is 1.11. The third-order valence-corrected chi connectivity index (χ3v) is 6.82. The van der Waals surface area contributed by atoms with Crippen molar-refractivity contribution in [2.75, 3.05) is 10.0 Å². The van der Waals surface area contributed by atoms with Crippen LogP contribution in [0.2, 0.25) is 0 Å². The van der Waals surface area contributed by atoms with Gasteiger partial charge in [-0.15, -0.1) is 11.3 Å². The Morgan fingerprint density at radius 1 is 1.06 bits per heavy atom. The van der Waals surface area contributed by atoms with Crippen LogP contribution in [0.5, 0.6) is 0 Å². The van der Waals surface area contributed by atoms with E-state index in [9.17, 15) is 12.8 Å². The van der Waals surface area contributed by atoms with Crippen molar-refractivity contribution in [1.82, 2.24) is 14.8 Å². The minimum Gasteiger partial charge on any atom is -0.340 e. The van der Waals surface area contributed by atoms with Gasteiger partial charge >= 0.3 is 0 Å². The molecule has 7 nitrogen and oxygen atoms in total. The molecule has 4 rings (SSSR count). The molecule has 0 saturated heterocycles. The first-order valence-electron chi connectivity index (χ1n) is 9.78. The first-order valence-corrected chi connectivity index (χ1v) is 12.1. The van der Waals surface area contributed by atoms with Crippen molar-refractivity contribution in [2.45, 2.75) is 31.1 Å². The van der Waals surface area contributed by atoms with Gasteiger partial charge in [0.1, 0.15) is 16.5 Å². The largest absolute Gasteiger partial charge is 0.340 e. The van der Waals surface area contributed by atoms with Crippen LogP contribution in [-0.2, 0) is 15.4 Å². The highest BCUT2D eigenvalue weighted by Crippen LogP contribution is 2.29. The number of hydrogen-bond acceptors (Lipinski definition) is 6. The molecule has 2 heterocycles. The summed E-state index contributed by atoms with van der Waals surface area (Å²) in [6.45, 7) is 6.18. The SMILES string of the molecule is CC(C)(C)c1cc(Nc2ccc(S(=O)(=O)Nc3nccs3)c(F)c2)n(-c2ccccc2)n1. The average Bonchev–Trinajstić information content (AvgIpc) is 3.38. The van der Waals surface area contributed by atoms with Gasteiger partial charge in [0, 0.05) is 28.7 Å². The predicted octanol–water partition coefficient (Wildman–Crippen LogP) is 5.31. The highest BCUT2D eigenvalue weighted by molar-refractivity contribution is 7.93. The van der Waals surface area contributed by atoms with Crippen molar-refractivity contribution >= 4 is 38.0 Å². The van der Waals surface area contributed by atoms with E-state index < -0.39 is 20.7 Å². The van der Waals surface area contributed by atoms with Crippen LogP contribution in [0.4, 0.5) is 21.0 Å². The predicted molar refractivity (Wildman–Crippen MR) is 125 cm³/mol. The Hall–Kier alpha value is -3.24. The minimum absolute atomic E-state index is 0.174. The molecule has 166 valence electrons. The first-order chi connectivity index (χ1) is 15.1. The van der Waals surface area contributed by atoms with E-state index in [-0.39, 0.29) is 10.5 Å². The molecule has 10 heteroatoms. The zero-order valence-electron chi connectivity index (χ0n) is 17.7. The maximum absolute atomic E-state index is 14.8. The van der Waals surface area contributed by atoms with Crippen molar-refractivity contribution in [1.29, 1.82) is 0 Å². The molecular formula is C22H22FN5O2S2. The molecule has 2 aromatic carbocycles. The number of benzene rings is 2. The van der Waals surface area contributed by atoms with Crippen LogP contribution < -0.4 is 10.0 Å². The van der Waals surface area contributed by atoms with Gasteiger partial charge in [-0.25, -0.2) is 22.5 Å². The van der Waals surface area contributed by atoms with Crippen LogP contribution in [0.15, 0.2) is 71.1 Å². The van der Waals surface area contributed by atoms with Crippen molar-refractivity contribution in [2.24, 2.45) is 0 Å². The molecule has 0 fully saturated rings. The number of halogens is 1. The standard InChI is InChI=1S/C22H22FN5O2S2/c1-22(2,3)19-14-20(28(26-19)16-7-5-4-6-8-16)25-15-9-10-18(17(23)13-15)32(29,30)27-21-24-11-12-31-21/h4-14,25H,1-3H3,(H,24,27). The number of anilines is 3. The molecule has 0 saturated carbocycles. The number of nitrogens with one attached hydrogen (secondary N) is 2. The fourth-order valence-electron chi connectivity index (χ4n) is 2.99. The third-order valence-electron chi connectivity index (χ3n) is 4.63. The average molecular weight is 472 g/mol. The van der Waals surface area contributed by atoms with Crippen molar-refractivity contribution in [3.05, 3.63) is 77.7 Å². The second kappa shape index (κ2) is 8.36. The van der Waals surface area contributed by atoms with Crippen LogP contribution in [0, 0.1) is 5.82 Å². The van der Waals surface area contributed by atoms with Gasteiger partial charge in [-0.2, -0.15) is 5.10 Å². The Balaban J connectivity index is 1.66. The third kappa shape index (κ3) is 4.66. The zero-order chi connectivity index (χ0) is 22.9. The van der Waals surface area contributed by atoms with E-state index in [1.165, 1.54) is 18.3 Å². The van der Waals surface area contributed by atoms with E-state index in [1.807, 2.05) is 36.4 Å². The highest BCUT2D eigenvalue weighted by Gasteiger charge is 2.23. The Morgan fingerprint density at radius 2 is 1.81 bits per heavy atom. The molecule has 0 aliphatic heterocycles. The smallest absolute Gasteiger partial charge is 0.266 e. The summed E-state index contributed by atoms with van der Waals surface area (Å²) in [6.07, 6.45) is 1.47. The number of thiazole rings is 1. The van der Waals surface area contributed by atoms with E-state index in [2.05, 4.69) is 35.8 Å². The van der Waals surface area contributed by atoms with Crippen LogP contribution >= 0.6 is 11.3 Å². The van der Waals surface area contributed by atoms with E-state index >= 15 is 0 Å². The van der Waals surface area contributed by atoms with Gasteiger partial charge in [-0.1, -0.05) is 39.0 Å². The summed E-state index contributed by atoms with van der Waals surface area (Å²) < 4.78 is 43.9. The lowest BCUT2D eigenvalue weighted by molar-refractivity contribution is 0.560. The van der Waals surface area contributed by atoms with Crippen molar-refractivity contribution in [3.63, 3.8) is 0 Å². The van der Waals surface area contributed by atoms with E-state index in [1.54, 1.807) is 10.1 Å². The monoisotopic (exact) mass is 471 g/mol. The fourth-order valence-corrected chi connectivity index (χ4v) is 4.84. The van der Waals surface area contributed by atoms with Gasteiger partial charge < -0.3 is 5.32 Å². The van der Waals surface area contributed by atoms with Crippen LogP contribution in [-0.4, -0.2) is 23.2 Å². The number of para-hydroxylation sites is 1. The fraction of sp³-hybridized carbons (Fsp3) is 0.182. The van der Waals surface area contributed by atoms with Gasteiger partial charge in [0.15, 0.2) is 5.13 Å². The number of nitrogens with zero attached hydrogens (tertiary/aromatic N) is 3. The molecule has 2 N–H and O–H groups in total. The van der Waals surface area contributed by atoms with E-state index in [4.69, 9.17) is 5.10 Å². The quantitative estimate of drug-likeness (QED) is 0.398. The topological polar surface area (TPSA) is 88.9 Å². The lowest BCUT2D eigenvalue weighted by Gasteiger charge is -2.14. The van der Waals surface area contributed by atoms with E-state index in [0.29, 0.717) is 11.5 Å². The normalized spacial score (nSPS) is 12.0. The van der Waals surface area contributed by atoms with Gasteiger partial charge in [-0.3, -0.25) is 4.72 Å². The first kappa shape index (κ1) is 22.0. The molecule has 4 aromatic rings. The highest BCUT2D eigenvalue weighted by atomic mass is 32.2. The van der Waals surface area contributed by atoms with Crippen molar-refractivity contribution < 1.29 is 12.8 Å². The molecule has 0 bridgehead atoms. The van der Waals surface area contributed by atoms with Crippen LogP contribution in [0.25, 0.3) is 5.69 Å². The summed E-state index contributed by atoms with van der Waals surface area (Å²) in [4.78, 5) is 3.42. The summed E-state index contributed by atoms with van der Waals surface area (Å²) in [7, 11) is -4.09. The van der Waals surface area contributed by atoms with Crippen LogP contribution in [0.3, 0.4) is 0 Å². The summed E-state index contributed by atoms with van der Waals surface area (Å²) in [5.74, 6) is -0.238. The summed E-state index contributed by atoms with van der Waals surface area (Å²) in [6, 6.07) is 15.4. The zero-order valence-corrected chi connectivity index (χ0v) is 19.3. The Labute approximate surface area is 190 Å². The molecule has 0 atom stereocenters. The number of sulfonamides is 1. The minimum atomic E-state index is -4.09.